The minimum Gasteiger partial charge on any atom is -0.493 e. The maximum absolute atomic E-state index is 12.8. The molecule has 0 saturated heterocycles. The van der Waals surface area contributed by atoms with Gasteiger partial charge in [0.2, 0.25) is 5.91 Å². The molecule has 29 heavy (non-hydrogen) atoms. The molecular formula is C24H31NO4. The molecule has 1 atom stereocenters. The number of rotatable bonds is 8. The Morgan fingerprint density at radius 2 is 1.83 bits per heavy atom. The van der Waals surface area contributed by atoms with Crippen LogP contribution in [0.3, 0.4) is 0 Å². The Morgan fingerprint density at radius 1 is 1.10 bits per heavy atom. The summed E-state index contributed by atoms with van der Waals surface area (Å²) in [5.41, 5.74) is 1.88. The highest BCUT2D eigenvalue weighted by atomic mass is 16.5. The molecule has 0 unspecified atom stereocenters. The van der Waals surface area contributed by atoms with Crippen molar-refractivity contribution in [3.05, 3.63) is 53.6 Å². The Bertz CT molecular complexity index is 845. The molecule has 1 N–H and O–H groups in total. The average molecular weight is 398 g/mol. The largest absolute Gasteiger partial charge is 0.493 e. The number of nitrogens with one attached hydrogen (secondary N) is 1. The first kappa shape index (κ1) is 21.0. The number of benzene rings is 2. The molecule has 0 aliphatic carbocycles. The highest BCUT2D eigenvalue weighted by Crippen LogP contribution is 2.42. The van der Waals surface area contributed by atoms with Crippen LogP contribution in [0, 0.1) is 0 Å². The maximum Gasteiger partial charge on any atom is 0.220 e. The second-order valence-electron chi connectivity index (χ2n) is 7.54. The molecule has 1 amide bonds. The Hall–Kier alpha value is -2.69. The molecular weight excluding hydrogens is 366 g/mol. The molecule has 1 aliphatic heterocycles. The van der Waals surface area contributed by atoms with Gasteiger partial charge in [0.25, 0.3) is 0 Å². The van der Waals surface area contributed by atoms with Gasteiger partial charge in [-0.25, -0.2) is 0 Å². The minimum atomic E-state index is -0.227. The zero-order valence-corrected chi connectivity index (χ0v) is 17.8. The summed E-state index contributed by atoms with van der Waals surface area (Å²) in [5, 5.41) is 3.24. The number of carbonyl (C=O) groups is 1. The highest BCUT2D eigenvalue weighted by molar-refractivity contribution is 5.77. The number of amides is 1. The molecule has 1 aliphatic rings. The van der Waals surface area contributed by atoms with Gasteiger partial charge >= 0.3 is 0 Å². The van der Waals surface area contributed by atoms with Crippen LogP contribution in [0.25, 0.3) is 0 Å². The van der Waals surface area contributed by atoms with E-state index in [4.69, 9.17) is 14.2 Å². The van der Waals surface area contributed by atoms with Crippen molar-refractivity contribution in [1.82, 2.24) is 5.32 Å². The third-order valence-electron chi connectivity index (χ3n) is 5.91. The van der Waals surface area contributed by atoms with Crippen LogP contribution in [-0.2, 0) is 11.2 Å². The standard InChI is InChI=1S/C24H31NO4/c1-5-24(6-2)16-19(18-9-7-8-10-20(18)29-24)25-23(26)14-12-17-11-13-21(27-3)22(15-17)28-4/h7-11,13,15,19H,5-6,12,14,16H2,1-4H3,(H,25,26)/t19-/m1/s1. The number of ether oxygens (including phenoxy) is 3. The molecule has 156 valence electrons. The van der Waals surface area contributed by atoms with Crippen molar-refractivity contribution in [3.8, 4) is 17.2 Å². The van der Waals surface area contributed by atoms with Crippen LogP contribution in [0.5, 0.6) is 17.2 Å². The van der Waals surface area contributed by atoms with Crippen LogP contribution in [0.1, 0.15) is 56.7 Å². The molecule has 0 bridgehead atoms. The van der Waals surface area contributed by atoms with Crippen LogP contribution < -0.4 is 19.5 Å². The predicted molar refractivity (Wildman–Crippen MR) is 114 cm³/mol. The topological polar surface area (TPSA) is 56.8 Å². The summed E-state index contributed by atoms with van der Waals surface area (Å²) in [6.07, 6.45) is 3.68. The van der Waals surface area contributed by atoms with Crippen molar-refractivity contribution in [3.63, 3.8) is 0 Å². The van der Waals surface area contributed by atoms with Crippen molar-refractivity contribution >= 4 is 5.91 Å². The number of carbonyl (C=O) groups excluding carboxylic acids is 1. The SMILES string of the molecule is CCC1(CC)C[C@@H](NC(=O)CCc2ccc(OC)c(OC)c2)c2ccccc2O1. The van der Waals surface area contributed by atoms with Gasteiger partial charge in [-0.05, 0) is 43.0 Å². The fourth-order valence-corrected chi connectivity index (χ4v) is 3.99. The molecule has 3 rings (SSSR count). The van der Waals surface area contributed by atoms with E-state index in [2.05, 4.69) is 19.2 Å². The smallest absolute Gasteiger partial charge is 0.220 e. The zero-order valence-electron chi connectivity index (χ0n) is 17.8. The van der Waals surface area contributed by atoms with E-state index in [1.54, 1.807) is 14.2 Å². The molecule has 0 aromatic heterocycles. The lowest BCUT2D eigenvalue weighted by Gasteiger charge is -2.41. The third kappa shape index (κ3) is 4.66. The summed E-state index contributed by atoms with van der Waals surface area (Å²) in [7, 11) is 3.23. The molecule has 1 heterocycles. The van der Waals surface area contributed by atoms with E-state index in [0.717, 1.165) is 36.1 Å². The number of fused-ring (bicyclic) bond motifs is 1. The van der Waals surface area contributed by atoms with E-state index in [9.17, 15) is 4.79 Å². The number of hydrogen-bond acceptors (Lipinski definition) is 4. The second-order valence-corrected chi connectivity index (χ2v) is 7.54. The minimum absolute atomic E-state index is 0.0299. The Balaban J connectivity index is 1.68. The highest BCUT2D eigenvalue weighted by Gasteiger charge is 2.38. The van der Waals surface area contributed by atoms with Gasteiger partial charge < -0.3 is 19.5 Å². The van der Waals surface area contributed by atoms with E-state index >= 15 is 0 Å². The van der Waals surface area contributed by atoms with Gasteiger partial charge in [-0.3, -0.25) is 4.79 Å². The fraction of sp³-hybridized carbons (Fsp3) is 0.458. The number of hydrogen-bond donors (Lipinski definition) is 1. The van der Waals surface area contributed by atoms with Crippen LogP contribution in [-0.4, -0.2) is 25.7 Å². The number of para-hydroxylation sites is 1. The molecule has 0 fully saturated rings. The molecule has 5 nitrogen and oxygen atoms in total. The maximum atomic E-state index is 12.8. The molecule has 5 heteroatoms. The summed E-state index contributed by atoms with van der Waals surface area (Å²) in [6.45, 7) is 4.29. The summed E-state index contributed by atoms with van der Waals surface area (Å²) in [4.78, 5) is 12.8. The number of methoxy groups -OCH3 is 2. The quantitative estimate of drug-likeness (QED) is 0.693. The summed E-state index contributed by atoms with van der Waals surface area (Å²) < 4.78 is 17.0. The van der Waals surface area contributed by atoms with E-state index in [0.29, 0.717) is 24.3 Å². The van der Waals surface area contributed by atoms with E-state index in [1.165, 1.54) is 0 Å². The van der Waals surface area contributed by atoms with Crippen LogP contribution >= 0.6 is 0 Å². The van der Waals surface area contributed by atoms with Gasteiger partial charge in [0, 0.05) is 18.4 Å². The number of aryl methyl sites for hydroxylation is 1. The van der Waals surface area contributed by atoms with Crippen molar-refractivity contribution in [2.45, 2.75) is 57.6 Å². The van der Waals surface area contributed by atoms with Gasteiger partial charge in [-0.15, -0.1) is 0 Å². The third-order valence-corrected chi connectivity index (χ3v) is 5.91. The summed E-state index contributed by atoms with van der Waals surface area (Å²) >= 11 is 0. The van der Waals surface area contributed by atoms with E-state index in [1.807, 2.05) is 42.5 Å². The van der Waals surface area contributed by atoms with Gasteiger partial charge in [0.1, 0.15) is 11.4 Å². The molecule has 2 aromatic rings. The normalized spacial score (nSPS) is 17.0. The first-order valence-corrected chi connectivity index (χ1v) is 10.3. The molecule has 0 saturated carbocycles. The summed E-state index contributed by atoms with van der Waals surface area (Å²) in [6, 6.07) is 13.8. The van der Waals surface area contributed by atoms with Crippen molar-refractivity contribution in [2.75, 3.05) is 14.2 Å². The zero-order chi connectivity index (χ0) is 20.9. The van der Waals surface area contributed by atoms with Crippen LogP contribution in [0.2, 0.25) is 0 Å². The van der Waals surface area contributed by atoms with Gasteiger partial charge in [-0.2, -0.15) is 0 Å². The van der Waals surface area contributed by atoms with E-state index < -0.39 is 0 Å². The second kappa shape index (κ2) is 9.21. The monoisotopic (exact) mass is 397 g/mol. The van der Waals surface area contributed by atoms with Crippen molar-refractivity contribution in [1.29, 1.82) is 0 Å². The molecule has 0 spiro atoms. The van der Waals surface area contributed by atoms with Gasteiger partial charge in [-0.1, -0.05) is 38.1 Å². The molecule has 2 aromatic carbocycles. The van der Waals surface area contributed by atoms with Crippen molar-refractivity contribution < 1.29 is 19.0 Å². The lowest BCUT2D eigenvalue weighted by molar-refractivity contribution is -0.122. The van der Waals surface area contributed by atoms with Crippen LogP contribution in [0.4, 0.5) is 0 Å². The Morgan fingerprint density at radius 3 is 2.52 bits per heavy atom. The summed E-state index contributed by atoms with van der Waals surface area (Å²) in [5.74, 6) is 2.30. The lowest BCUT2D eigenvalue weighted by atomic mass is 9.83. The molecule has 0 radical (unpaired) electrons. The van der Waals surface area contributed by atoms with Gasteiger partial charge in [0.05, 0.1) is 20.3 Å². The van der Waals surface area contributed by atoms with Gasteiger partial charge in [0.15, 0.2) is 11.5 Å². The average Bonchev–Trinajstić information content (AvgIpc) is 2.77. The fourth-order valence-electron chi connectivity index (χ4n) is 3.99. The predicted octanol–water partition coefficient (Wildman–Crippen LogP) is 4.84. The Labute approximate surface area is 173 Å². The first-order valence-electron chi connectivity index (χ1n) is 10.3. The van der Waals surface area contributed by atoms with Crippen LogP contribution in [0.15, 0.2) is 42.5 Å². The Kier molecular flexibility index (Phi) is 6.68. The van der Waals surface area contributed by atoms with Crippen molar-refractivity contribution in [2.24, 2.45) is 0 Å². The lowest BCUT2D eigenvalue weighted by Crippen LogP contribution is -2.44. The van der Waals surface area contributed by atoms with E-state index in [-0.39, 0.29) is 17.6 Å². The first-order chi connectivity index (χ1) is 14.0.